The normalized spacial score (nSPS) is 15.3. The molecule has 21 heavy (non-hydrogen) atoms. The van der Waals surface area contributed by atoms with Crippen LogP contribution in [0.2, 0.25) is 0 Å². The average molecular weight is 295 g/mol. The summed E-state index contributed by atoms with van der Waals surface area (Å²) in [5.41, 5.74) is 3.61. The Hall–Kier alpha value is -1.78. The Labute approximate surface area is 128 Å². The number of rotatable bonds is 3. The topological polar surface area (TPSA) is 37.8 Å². The first-order chi connectivity index (χ1) is 10.3. The van der Waals surface area contributed by atoms with Crippen molar-refractivity contribution in [3.8, 4) is 0 Å². The summed E-state index contributed by atoms with van der Waals surface area (Å²) in [6.45, 7) is 0. The Kier molecular flexibility index (Phi) is 3.20. The molecular weight excluding hydrogens is 278 g/mol. The molecule has 1 aromatic carbocycles. The molecule has 106 valence electrons. The lowest BCUT2D eigenvalue weighted by Crippen LogP contribution is -2.17. The van der Waals surface area contributed by atoms with Crippen molar-refractivity contribution in [1.29, 1.82) is 0 Å². The van der Waals surface area contributed by atoms with Gasteiger partial charge in [0.1, 0.15) is 5.01 Å². The van der Waals surface area contributed by atoms with Gasteiger partial charge in [0.05, 0.1) is 17.3 Å². The van der Waals surface area contributed by atoms with Crippen LogP contribution < -0.4 is 5.32 Å². The van der Waals surface area contributed by atoms with Gasteiger partial charge in [0.2, 0.25) is 0 Å². The summed E-state index contributed by atoms with van der Waals surface area (Å²) in [6, 6.07) is 10.7. The second kappa shape index (κ2) is 5.20. The minimum absolute atomic E-state index is 0.171. The van der Waals surface area contributed by atoms with Crippen molar-refractivity contribution in [2.45, 2.75) is 25.3 Å². The van der Waals surface area contributed by atoms with Crippen molar-refractivity contribution in [1.82, 2.24) is 15.3 Å². The first-order valence-electron chi connectivity index (χ1n) is 7.35. The highest BCUT2D eigenvalue weighted by atomic mass is 32.1. The van der Waals surface area contributed by atoms with Gasteiger partial charge in [0, 0.05) is 16.5 Å². The van der Waals surface area contributed by atoms with E-state index in [1.807, 2.05) is 30.6 Å². The van der Waals surface area contributed by atoms with Crippen LogP contribution in [0.1, 0.15) is 33.6 Å². The molecule has 1 atom stereocenters. The fourth-order valence-corrected chi connectivity index (χ4v) is 4.33. The van der Waals surface area contributed by atoms with Crippen LogP contribution in [-0.2, 0) is 12.8 Å². The summed E-state index contributed by atoms with van der Waals surface area (Å²) in [6.07, 6.45) is 5.44. The van der Waals surface area contributed by atoms with Crippen LogP contribution in [-0.4, -0.2) is 17.0 Å². The maximum absolute atomic E-state index is 4.86. The predicted octanol–water partition coefficient (Wildman–Crippen LogP) is 3.49. The first-order valence-corrected chi connectivity index (χ1v) is 8.17. The van der Waals surface area contributed by atoms with E-state index in [9.17, 15) is 0 Å². The van der Waals surface area contributed by atoms with Gasteiger partial charge in [-0.3, -0.25) is 4.98 Å². The van der Waals surface area contributed by atoms with E-state index < -0.39 is 0 Å². The number of nitrogens with zero attached hydrogens (tertiary/aromatic N) is 2. The van der Waals surface area contributed by atoms with Gasteiger partial charge in [0.15, 0.2) is 0 Å². The van der Waals surface area contributed by atoms with Crippen LogP contribution in [0.5, 0.6) is 0 Å². The van der Waals surface area contributed by atoms with Crippen LogP contribution in [0.4, 0.5) is 0 Å². The summed E-state index contributed by atoms with van der Waals surface area (Å²) in [7, 11) is 2.00. The summed E-state index contributed by atoms with van der Waals surface area (Å²) in [5, 5.41) is 5.78. The molecule has 0 radical (unpaired) electrons. The zero-order valence-electron chi connectivity index (χ0n) is 12.0. The van der Waals surface area contributed by atoms with Gasteiger partial charge in [-0.2, -0.15) is 0 Å². The summed E-state index contributed by atoms with van der Waals surface area (Å²) in [5.74, 6) is 0. The first kappa shape index (κ1) is 12.9. The smallest absolute Gasteiger partial charge is 0.115 e. The molecule has 3 aromatic rings. The van der Waals surface area contributed by atoms with Crippen LogP contribution in [0.3, 0.4) is 0 Å². The molecule has 1 aliphatic rings. The Balaban J connectivity index is 1.76. The molecule has 4 rings (SSSR count). The van der Waals surface area contributed by atoms with E-state index in [-0.39, 0.29) is 6.04 Å². The highest BCUT2D eigenvalue weighted by Crippen LogP contribution is 2.33. The number of fused-ring (bicyclic) bond motifs is 2. The van der Waals surface area contributed by atoms with Gasteiger partial charge in [-0.05, 0) is 50.1 Å². The van der Waals surface area contributed by atoms with Crippen molar-refractivity contribution < 1.29 is 0 Å². The number of aryl methyl sites for hydroxylation is 2. The number of benzene rings is 1. The van der Waals surface area contributed by atoms with E-state index in [1.165, 1.54) is 39.4 Å². The number of aromatic nitrogens is 2. The van der Waals surface area contributed by atoms with Gasteiger partial charge < -0.3 is 5.32 Å². The van der Waals surface area contributed by atoms with E-state index in [2.05, 4.69) is 34.6 Å². The molecule has 3 nitrogen and oxygen atoms in total. The van der Waals surface area contributed by atoms with E-state index in [0.717, 1.165) is 11.9 Å². The second-order valence-corrected chi connectivity index (χ2v) is 6.57. The Bertz CT molecular complexity index is 772. The predicted molar refractivity (Wildman–Crippen MR) is 86.8 cm³/mol. The molecule has 0 fully saturated rings. The highest BCUT2D eigenvalue weighted by Gasteiger charge is 2.22. The maximum Gasteiger partial charge on any atom is 0.115 e. The van der Waals surface area contributed by atoms with Crippen molar-refractivity contribution in [3.63, 3.8) is 0 Å². The van der Waals surface area contributed by atoms with Gasteiger partial charge in [-0.1, -0.05) is 12.1 Å². The fourth-order valence-electron chi connectivity index (χ4n) is 3.04. The molecule has 2 aromatic heterocycles. The lowest BCUT2D eigenvalue weighted by Gasteiger charge is -2.14. The molecule has 0 spiro atoms. The Morgan fingerprint density at radius 3 is 3.05 bits per heavy atom. The summed E-state index contributed by atoms with van der Waals surface area (Å²) < 4.78 is 0. The number of hydrogen-bond donors (Lipinski definition) is 1. The molecule has 0 saturated heterocycles. The number of pyridine rings is 1. The maximum atomic E-state index is 4.86. The lowest BCUT2D eigenvalue weighted by molar-refractivity contribution is 0.683. The minimum atomic E-state index is 0.171. The van der Waals surface area contributed by atoms with Crippen molar-refractivity contribution in [3.05, 3.63) is 57.7 Å². The molecule has 0 bridgehead atoms. The van der Waals surface area contributed by atoms with Gasteiger partial charge in [-0.15, -0.1) is 11.3 Å². The molecule has 4 heteroatoms. The van der Waals surface area contributed by atoms with Crippen molar-refractivity contribution in [2.75, 3.05) is 7.05 Å². The Morgan fingerprint density at radius 2 is 2.19 bits per heavy atom. The molecule has 0 saturated carbocycles. The fraction of sp³-hybridized carbons (Fsp3) is 0.294. The van der Waals surface area contributed by atoms with E-state index >= 15 is 0 Å². The van der Waals surface area contributed by atoms with Crippen LogP contribution in [0, 0.1) is 0 Å². The Morgan fingerprint density at radius 1 is 1.24 bits per heavy atom. The van der Waals surface area contributed by atoms with Crippen molar-refractivity contribution >= 4 is 22.2 Å². The third-order valence-electron chi connectivity index (χ3n) is 4.11. The number of thiazole rings is 1. The molecule has 2 heterocycles. The van der Waals surface area contributed by atoms with E-state index in [0.29, 0.717) is 0 Å². The third kappa shape index (κ3) is 2.24. The van der Waals surface area contributed by atoms with Crippen LogP contribution in [0.25, 0.3) is 10.9 Å². The van der Waals surface area contributed by atoms with E-state index in [1.54, 1.807) is 0 Å². The largest absolute Gasteiger partial charge is 0.307 e. The zero-order chi connectivity index (χ0) is 14.2. The zero-order valence-corrected chi connectivity index (χ0v) is 12.8. The average Bonchev–Trinajstić information content (AvgIpc) is 3.09. The van der Waals surface area contributed by atoms with Crippen LogP contribution >= 0.6 is 11.3 Å². The molecule has 0 aliphatic heterocycles. The highest BCUT2D eigenvalue weighted by molar-refractivity contribution is 7.11. The van der Waals surface area contributed by atoms with Gasteiger partial charge >= 0.3 is 0 Å². The molecular formula is C17H17N3S. The monoisotopic (exact) mass is 295 g/mol. The summed E-state index contributed by atoms with van der Waals surface area (Å²) in [4.78, 5) is 10.7. The molecule has 1 aliphatic carbocycles. The SMILES string of the molecule is CNC(c1ccc2ncccc2c1)c1nc2c(s1)CCC2. The van der Waals surface area contributed by atoms with Crippen molar-refractivity contribution in [2.24, 2.45) is 0 Å². The molecule has 1 N–H and O–H groups in total. The van der Waals surface area contributed by atoms with Gasteiger partial charge in [0.25, 0.3) is 0 Å². The number of nitrogens with one attached hydrogen (secondary N) is 1. The lowest BCUT2D eigenvalue weighted by atomic mass is 10.0. The third-order valence-corrected chi connectivity index (χ3v) is 5.33. The second-order valence-electron chi connectivity index (χ2n) is 5.45. The van der Waals surface area contributed by atoms with Gasteiger partial charge in [-0.25, -0.2) is 4.98 Å². The minimum Gasteiger partial charge on any atom is -0.307 e. The quantitative estimate of drug-likeness (QED) is 0.804. The number of hydrogen-bond acceptors (Lipinski definition) is 4. The van der Waals surface area contributed by atoms with E-state index in [4.69, 9.17) is 4.98 Å². The molecule has 1 unspecified atom stereocenters. The van der Waals surface area contributed by atoms with Crippen LogP contribution in [0.15, 0.2) is 36.5 Å². The summed E-state index contributed by atoms with van der Waals surface area (Å²) >= 11 is 1.87. The standard InChI is InChI=1S/C17H17N3S/c1-18-16(17-20-14-5-2-6-15(14)21-17)12-7-8-13-11(10-12)4-3-9-19-13/h3-4,7-10,16,18H,2,5-6H2,1H3. The molecule has 0 amide bonds.